The highest BCUT2D eigenvalue weighted by Crippen LogP contribution is 2.54. The van der Waals surface area contributed by atoms with Crippen LogP contribution < -0.4 is 0 Å². The monoisotopic (exact) mass is 206 g/mol. The highest BCUT2D eigenvalue weighted by Gasteiger charge is 2.44. The van der Waals surface area contributed by atoms with Gasteiger partial charge in [0.25, 0.3) is 0 Å². The molecular formula is C15H26. The summed E-state index contributed by atoms with van der Waals surface area (Å²) in [5, 5.41) is 0. The van der Waals surface area contributed by atoms with E-state index < -0.39 is 0 Å². The van der Waals surface area contributed by atoms with Gasteiger partial charge in [0.1, 0.15) is 0 Å². The third-order valence-corrected chi connectivity index (χ3v) is 5.29. The van der Waals surface area contributed by atoms with E-state index in [2.05, 4.69) is 27.4 Å². The predicted molar refractivity (Wildman–Crippen MR) is 66.8 cm³/mol. The lowest BCUT2D eigenvalue weighted by Crippen LogP contribution is -2.41. The van der Waals surface area contributed by atoms with Crippen LogP contribution in [0.5, 0.6) is 0 Å². The highest BCUT2D eigenvalue weighted by atomic mass is 14.5. The number of rotatable bonds is 1. The topological polar surface area (TPSA) is 0 Å². The molecule has 4 atom stereocenters. The van der Waals surface area contributed by atoms with E-state index in [1.807, 2.05) is 0 Å². The molecule has 0 heteroatoms. The molecule has 1 unspecified atom stereocenters. The molecule has 2 aliphatic rings. The van der Waals surface area contributed by atoms with Gasteiger partial charge < -0.3 is 0 Å². The summed E-state index contributed by atoms with van der Waals surface area (Å²) in [6.45, 7) is 11.4. The van der Waals surface area contributed by atoms with Crippen LogP contribution in [0.1, 0.15) is 59.3 Å². The molecule has 0 saturated heterocycles. The number of fused-ring (bicyclic) bond motifs is 1. The van der Waals surface area contributed by atoms with Crippen molar-refractivity contribution < 1.29 is 0 Å². The normalized spacial score (nSPS) is 45.9. The molecule has 0 bridgehead atoms. The molecule has 2 saturated carbocycles. The first-order valence-electron chi connectivity index (χ1n) is 6.68. The second-order valence-electron chi connectivity index (χ2n) is 6.45. The van der Waals surface area contributed by atoms with E-state index in [1.165, 1.54) is 44.1 Å². The Hall–Kier alpha value is -0.260. The Balaban J connectivity index is 2.12. The van der Waals surface area contributed by atoms with Gasteiger partial charge in [0.15, 0.2) is 0 Å². The van der Waals surface area contributed by atoms with Crippen LogP contribution in [0, 0.1) is 23.2 Å². The van der Waals surface area contributed by atoms with E-state index >= 15 is 0 Å². The van der Waals surface area contributed by atoms with Gasteiger partial charge in [0.2, 0.25) is 0 Å². The molecular weight excluding hydrogens is 180 g/mol. The van der Waals surface area contributed by atoms with E-state index in [0.717, 1.165) is 17.8 Å². The fourth-order valence-corrected chi connectivity index (χ4v) is 4.10. The van der Waals surface area contributed by atoms with Gasteiger partial charge in [-0.1, -0.05) is 38.8 Å². The third-order valence-electron chi connectivity index (χ3n) is 5.29. The average molecular weight is 206 g/mol. The smallest absolute Gasteiger partial charge is 0.0206 e. The Kier molecular flexibility index (Phi) is 2.96. The minimum atomic E-state index is 0.670. The molecule has 2 fully saturated rings. The van der Waals surface area contributed by atoms with Crippen LogP contribution in [-0.2, 0) is 0 Å². The average Bonchev–Trinajstić information content (AvgIpc) is 2.17. The maximum Gasteiger partial charge on any atom is -0.0206 e. The summed E-state index contributed by atoms with van der Waals surface area (Å²) in [4.78, 5) is 0. The fourth-order valence-electron chi connectivity index (χ4n) is 4.10. The van der Waals surface area contributed by atoms with Crippen molar-refractivity contribution in [3.63, 3.8) is 0 Å². The molecule has 2 rings (SSSR count). The van der Waals surface area contributed by atoms with Crippen LogP contribution in [0.2, 0.25) is 0 Å². The van der Waals surface area contributed by atoms with Crippen LogP contribution >= 0.6 is 0 Å². The molecule has 0 radical (unpaired) electrons. The van der Waals surface area contributed by atoms with Crippen molar-refractivity contribution in [3.8, 4) is 0 Å². The summed E-state index contributed by atoms with van der Waals surface area (Å²) >= 11 is 0. The largest absolute Gasteiger partial charge is 0.0999 e. The van der Waals surface area contributed by atoms with Gasteiger partial charge in [-0.05, 0) is 55.8 Å². The van der Waals surface area contributed by atoms with Crippen LogP contribution in [0.4, 0.5) is 0 Å². The van der Waals surface area contributed by atoms with E-state index in [9.17, 15) is 0 Å². The van der Waals surface area contributed by atoms with E-state index in [0.29, 0.717) is 5.41 Å². The van der Waals surface area contributed by atoms with Gasteiger partial charge in [-0.25, -0.2) is 0 Å². The zero-order valence-corrected chi connectivity index (χ0v) is 10.7. The standard InChI is InChI=1S/C15H26/c1-11(2)13-7-9-15(4)8-5-6-12(3)14(15)10-13/h12-14H,1,5-10H2,2-4H3/t12?,13-,14-,15+/m1/s1. The quantitative estimate of drug-likeness (QED) is 0.540. The molecule has 0 heterocycles. The van der Waals surface area contributed by atoms with Crippen molar-refractivity contribution in [2.45, 2.75) is 59.3 Å². The second kappa shape index (κ2) is 3.96. The summed E-state index contributed by atoms with van der Waals surface area (Å²) in [7, 11) is 0. The Labute approximate surface area is 95.1 Å². The van der Waals surface area contributed by atoms with Crippen LogP contribution in [0.25, 0.3) is 0 Å². The third kappa shape index (κ3) is 2.00. The lowest BCUT2D eigenvalue weighted by molar-refractivity contribution is 0.00732. The molecule has 15 heavy (non-hydrogen) atoms. The molecule has 0 spiro atoms. The molecule has 2 aliphatic carbocycles. The van der Waals surface area contributed by atoms with Gasteiger partial charge in [0, 0.05) is 0 Å². The van der Waals surface area contributed by atoms with Crippen LogP contribution in [0.3, 0.4) is 0 Å². The van der Waals surface area contributed by atoms with Gasteiger partial charge in [0.05, 0.1) is 0 Å². The zero-order chi connectivity index (χ0) is 11.1. The van der Waals surface area contributed by atoms with E-state index in [1.54, 1.807) is 0 Å². The van der Waals surface area contributed by atoms with Gasteiger partial charge in [-0.3, -0.25) is 0 Å². The lowest BCUT2D eigenvalue weighted by atomic mass is 9.54. The first-order chi connectivity index (χ1) is 7.03. The maximum absolute atomic E-state index is 4.16. The molecule has 0 aromatic heterocycles. The summed E-state index contributed by atoms with van der Waals surface area (Å²) in [5.74, 6) is 2.75. The molecule has 0 amide bonds. The van der Waals surface area contributed by atoms with Gasteiger partial charge >= 0.3 is 0 Å². The molecule has 0 aromatic carbocycles. The lowest BCUT2D eigenvalue weighted by Gasteiger charge is -2.51. The predicted octanol–water partition coefficient (Wildman–Crippen LogP) is 4.81. The minimum Gasteiger partial charge on any atom is -0.0999 e. The van der Waals surface area contributed by atoms with Crippen LogP contribution in [0.15, 0.2) is 12.2 Å². The number of allylic oxidation sites excluding steroid dienone is 1. The summed E-state index contributed by atoms with van der Waals surface area (Å²) in [6, 6.07) is 0. The maximum atomic E-state index is 4.16. The molecule has 0 aromatic rings. The van der Waals surface area contributed by atoms with Crippen molar-refractivity contribution in [1.29, 1.82) is 0 Å². The minimum absolute atomic E-state index is 0.670. The SMILES string of the molecule is C=C(C)[C@@H]1CC[C@]2(C)CCCC(C)[C@H]2C1. The van der Waals surface area contributed by atoms with E-state index in [4.69, 9.17) is 0 Å². The zero-order valence-electron chi connectivity index (χ0n) is 10.7. The molecule has 0 nitrogen and oxygen atoms in total. The number of hydrogen-bond donors (Lipinski definition) is 0. The molecule has 0 aliphatic heterocycles. The first kappa shape index (κ1) is 11.2. The Morgan fingerprint density at radius 2 is 2.00 bits per heavy atom. The van der Waals surface area contributed by atoms with Crippen molar-refractivity contribution >= 4 is 0 Å². The fraction of sp³-hybridized carbons (Fsp3) is 0.867. The molecule has 86 valence electrons. The van der Waals surface area contributed by atoms with Crippen LogP contribution in [-0.4, -0.2) is 0 Å². The Morgan fingerprint density at radius 3 is 2.67 bits per heavy atom. The van der Waals surface area contributed by atoms with Gasteiger partial charge in [-0.15, -0.1) is 0 Å². The van der Waals surface area contributed by atoms with E-state index in [-0.39, 0.29) is 0 Å². The number of hydrogen-bond acceptors (Lipinski definition) is 0. The second-order valence-corrected chi connectivity index (χ2v) is 6.45. The van der Waals surface area contributed by atoms with Gasteiger partial charge in [-0.2, -0.15) is 0 Å². The Bertz CT molecular complexity index is 253. The van der Waals surface area contributed by atoms with Crippen molar-refractivity contribution in [2.24, 2.45) is 23.2 Å². The first-order valence-corrected chi connectivity index (χ1v) is 6.68. The summed E-state index contributed by atoms with van der Waals surface area (Å²) in [6.07, 6.45) is 8.67. The van der Waals surface area contributed by atoms with Crippen molar-refractivity contribution in [2.75, 3.05) is 0 Å². The van der Waals surface area contributed by atoms with Crippen molar-refractivity contribution in [3.05, 3.63) is 12.2 Å². The molecule has 0 N–H and O–H groups in total. The Morgan fingerprint density at radius 1 is 1.27 bits per heavy atom. The highest BCUT2D eigenvalue weighted by molar-refractivity contribution is 5.04. The van der Waals surface area contributed by atoms with Crippen molar-refractivity contribution in [1.82, 2.24) is 0 Å². The summed E-state index contributed by atoms with van der Waals surface area (Å²) < 4.78 is 0. The summed E-state index contributed by atoms with van der Waals surface area (Å²) in [5.41, 5.74) is 2.10.